The van der Waals surface area contributed by atoms with E-state index in [-0.39, 0.29) is 17.4 Å². The molecule has 0 bridgehead atoms. The van der Waals surface area contributed by atoms with Gasteiger partial charge in [0, 0.05) is 24.0 Å². The Balaban J connectivity index is 1.62. The Bertz CT molecular complexity index is 1050. The topological polar surface area (TPSA) is 75.3 Å². The van der Waals surface area contributed by atoms with Crippen molar-refractivity contribution in [3.8, 4) is 11.1 Å². The van der Waals surface area contributed by atoms with E-state index in [0.29, 0.717) is 43.2 Å². The highest BCUT2D eigenvalue weighted by atomic mass is 32.1. The molecule has 28 heavy (non-hydrogen) atoms. The number of hydrogen-bond acceptors (Lipinski definition) is 6. The molecule has 0 spiro atoms. The molecule has 1 aromatic carbocycles. The number of nitrogens with one attached hydrogen (secondary N) is 1. The molecule has 3 aromatic rings. The van der Waals surface area contributed by atoms with Crippen LogP contribution in [-0.2, 0) is 9.53 Å². The van der Waals surface area contributed by atoms with Crippen molar-refractivity contribution in [3.05, 3.63) is 45.6 Å². The highest BCUT2D eigenvalue weighted by molar-refractivity contribution is 7.17. The number of piperidine rings is 1. The molecule has 3 heterocycles. The van der Waals surface area contributed by atoms with Crippen LogP contribution in [0.25, 0.3) is 21.3 Å². The van der Waals surface area contributed by atoms with Gasteiger partial charge < -0.3 is 9.64 Å². The summed E-state index contributed by atoms with van der Waals surface area (Å²) in [6.45, 7) is 5.62. The number of carbonyl (C=O) groups is 1. The molecule has 0 aliphatic carbocycles. The highest BCUT2D eigenvalue weighted by Crippen LogP contribution is 2.32. The second-order valence-electron chi connectivity index (χ2n) is 7.10. The number of ether oxygens (including phenoxy) is 1. The molecule has 1 aliphatic heterocycles. The third-order valence-corrected chi connectivity index (χ3v) is 6.16. The third-order valence-electron chi connectivity index (χ3n) is 5.19. The molecule has 6 nitrogen and oxygen atoms in total. The number of carbonyl (C=O) groups excluding carboxylic acids is 1. The minimum atomic E-state index is -0.126. The molecule has 1 N–H and O–H groups in total. The van der Waals surface area contributed by atoms with Gasteiger partial charge in [-0.3, -0.25) is 14.6 Å². The van der Waals surface area contributed by atoms with E-state index in [9.17, 15) is 9.59 Å². The summed E-state index contributed by atoms with van der Waals surface area (Å²) in [5, 5.41) is 1.99. The summed E-state index contributed by atoms with van der Waals surface area (Å²) in [4.78, 5) is 34.3. The Labute approximate surface area is 167 Å². The predicted molar refractivity (Wildman–Crippen MR) is 112 cm³/mol. The maximum absolute atomic E-state index is 12.6. The van der Waals surface area contributed by atoms with Crippen molar-refractivity contribution >= 4 is 33.5 Å². The van der Waals surface area contributed by atoms with Gasteiger partial charge in [0.15, 0.2) is 0 Å². The Morgan fingerprint density at radius 1 is 1.29 bits per heavy atom. The van der Waals surface area contributed by atoms with E-state index in [2.05, 4.69) is 36.2 Å². The van der Waals surface area contributed by atoms with Gasteiger partial charge in [0.1, 0.15) is 4.70 Å². The van der Waals surface area contributed by atoms with Crippen LogP contribution in [0.2, 0.25) is 0 Å². The van der Waals surface area contributed by atoms with Crippen LogP contribution in [0.5, 0.6) is 0 Å². The summed E-state index contributed by atoms with van der Waals surface area (Å²) in [6.07, 6.45) is 1.41. The van der Waals surface area contributed by atoms with E-state index in [4.69, 9.17) is 9.72 Å². The first-order valence-corrected chi connectivity index (χ1v) is 10.4. The lowest BCUT2D eigenvalue weighted by atomic mass is 9.97. The maximum Gasteiger partial charge on any atom is 0.309 e. The second kappa shape index (κ2) is 7.75. The first-order valence-electron chi connectivity index (χ1n) is 9.57. The number of hydrogen-bond donors (Lipinski definition) is 1. The summed E-state index contributed by atoms with van der Waals surface area (Å²) in [5.74, 6) is 0.376. The maximum atomic E-state index is 12.6. The van der Waals surface area contributed by atoms with Gasteiger partial charge in [-0.25, -0.2) is 4.98 Å². The highest BCUT2D eigenvalue weighted by Gasteiger charge is 2.27. The monoisotopic (exact) mass is 397 g/mol. The SMILES string of the molecule is CCOC(=O)C1CCN(c2nc3c(-c4ccc(C)cc4)csc3c(=O)[nH]2)CC1. The molecule has 1 aliphatic rings. The quantitative estimate of drug-likeness (QED) is 0.679. The van der Waals surface area contributed by atoms with Gasteiger partial charge in [0.05, 0.1) is 18.0 Å². The van der Waals surface area contributed by atoms with Crippen LogP contribution in [0.1, 0.15) is 25.3 Å². The first kappa shape index (κ1) is 18.7. The number of aromatic amines is 1. The summed E-state index contributed by atoms with van der Waals surface area (Å²) in [7, 11) is 0. The predicted octanol–water partition coefficient (Wildman–Crippen LogP) is 3.74. The molecule has 0 saturated carbocycles. The van der Waals surface area contributed by atoms with E-state index in [1.54, 1.807) is 0 Å². The minimum Gasteiger partial charge on any atom is -0.466 e. The van der Waals surface area contributed by atoms with Crippen LogP contribution >= 0.6 is 11.3 Å². The molecule has 4 rings (SSSR count). The zero-order valence-electron chi connectivity index (χ0n) is 16.0. The van der Waals surface area contributed by atoms with Gasteiger partial charge >= 0.3 is 5.97 Å². The third kappa shape index (κ3) is 3.54. The molecule has 1 saturated heterocycles. The fraction of sp³-hybridized carbons (Fsp3) is 0.381. The van der Waals surface area contributed by atoms with Crippen molar-refractivity contribution in [1.82, 2.24) is 9.97 Å². The lowest BCUT2D eigenvalue weighted by Gasteiger charge is -2.31. The van der Waals surface area contributed by atoms with Gasteiger partial charge in [0.2, 0.25) is 5.95 Å². The van der Waals surface area contributed by atoms with Crippen molar-refractivity contribution in [1.29, 1.82) is 0 Å². The number of anilines is 1. The zero-order chi connectivity index (χ0) is 19.7. The van der Waals surface area contributed by atoms with Crippen LogP contribution in [0.4, 0.5) is 5.95 Å². The number of aromatic nitrogens is 2. The smallest absolute Gasteiger partial charge is 0.309 e. The summed E-state index contributed by atoms with van der Waals surface area (Å²) >= 11 is 1.42. The minimum absolute atomic E-state index is 0.0732. The van der Waals surface area contributed by atoms with Gasteiger partial charge in [-0.05, 0) is 32.3 Å². The summed E-state index contributed by atoms with van der Waals surface area (Å²) in [6, 6.07) is 8.24. The van der Waals surface area contributed by atoms with Crippen molar-refractivity contribution in [2.24, 2.45) is 5.92 Å². The lowest BCUT2D eigenvalue weighted by Crippen LogP contribution is -2.38. The number of H-pyrrole nitrogens is 1. The summed E-state index contributed by atoms with van der Waals surface area (Å²) < 4.78 is 5.77. The number of rotatable bonds is 4. The van der Waals surface area contributed by atoms with E-state index >= 15 is 0 Å². The molecular formula is C21H23N3O3S. The molecule has 0 unspecified atom stereocenters. The van der Waals surface area contributed by atoms with Crippen LogP contribution in [-0.4, -0.2) is 35.6 Å². The average molecular weight is 398 g/mol. The fourth-order valence-electron chi connectivity index (χ4n) is 3.59. The number of fused-ring (bicyclic) bond motifs is 1. The Morgan fingerprint density at radius 2 is 2.00 bits per heavy atom. The fourth-order valence-corrected chi connectivity index (χ4v) is 4.50. The molecule has 2 aromatic heterocycles. The van der Waals surface area contributed by atoms with E-state index < -0.39 is 0 Å². The van der Waals surface area contributed by atoms with Crippen molar-refractivity contribution < 1.29 is 9.53 Å². The van der Waals surface area contributed by atoms with Crippen molar-refractivity contribution in [2.45, 2.75) is 26.7 Å². The molecule has 7 heteroatoms. The van der Waals surface area contributed by atoms with E-state index in [1.165, 1.54) is 16.9 Å². The molecular weight excluding hydrogens is 374 g/mol. The summed E-state index contributed by atoms with van der Waals surface area (Å²) in [5.41, 5.74) is 3.85. The molecule has 0 atom stereocenters. The first-order chi connectivity index (χ1) is 13.6. The Hall–Kier alpha value is -2.67. The number of esters is 1. The van der Waals surface area contributed by atoms with Gasteiger partial charge in [0.25, 0.3) is 5.56 Å². The largest absolute Gasteiger partial charge is 0.466 e. The molecule has 0 radical (unpaired) electrons. The molecule has 0 amide bonds. The standard InChI is InChI=1S/C21H23N3O3S/c1-3-27-20(26)15-8-10-24(11-9-15)21-22-17-16(12-28-18(17)19(25)23-21)14-6-4-13(2)5-7-14/h4-7,12,15H,3,8-11H2,1-2H3,(H,22,23,25). The Morgan fingerprint density at radius 3 is 2.68 bits per heavy atom. The average Bonchev–Trinajstić information content (AvgIpc) is 3.13. The Kier molecular flexibility index (Phi) is 5.17. The van der Waals surface area contributed by atoms with Gasteiger partial charge in [-0.15, -0.1) is 11.3 Å². The van der Waals surface area contributed by atoms with Gasteiger partial charge in [-0.2, -0.15) is 0 Å². The lowest BCUT2D eigenvalue weighted by molar-refractivity contribution is -0.148. The second-order valence-corrected chi connectivity index (χ2v) is 7.98. The number of nitrogens with zero attached hydrogens (tertiary/aromatic N) is 2. The van der Waals surface area contributed by atoms with Crippen molar-refractivity contribution in [3.63, 3.8) is 0 Å². The number of aryl methyl sites for hydroxylation is 1. The number of thiophene rings is 1. The van der Waals surface area contributed by atoms with E-state index in [1.807, 2.05) is 17.2 Å². The normalized spacial score (nSPS) is 15.1. The molecule has 1 fully saturated rings. The zero-order valence-corrected chi connectivity index (χ0v) is 16.8. The van der Waals surface area contributed by atoms with Crippen molar-refractivity contribution in [2.75, 3.05) is 24.6 Å². The van der Waals surface area contributed by atoms with Crippen LogP contribution in [0.15, 0.2) is 34.4 Å². The van der Waals surface area contributed by atoms with Crippen LogP contribution < -0.4 is 10.5 Å². The van der Waals surface area contributed by atoms with Crippen LogP contribution in [0, 0.1) is 12.8 Å². The van der Waals surface area contributed by atoms with Crippen LogP contribution in [0.3, 0.4) is 0 Å². The molecule has 146 valence electrons. The van der Waals surface area contributed by atoms with E-state index in [0.717, 1.165) is 16.6 Å². The number of benzene rings is 1. The van der Waals surface area contributed by atoms with Gasteiger partial charge in [-0.1, -0.05) is 29.8 Å².